The fourth-order valence-corrected chi connectivity index (χ4v) is 1.13. The van der Waals surface area contributed by atoms with Crippen LogP contribution in [0, 0.1) is 5.82 Å². The van der Waals surface area contributed by atoms with Crippen LogP contribution in [0.5, 0.6) is 5.75 Å². The lowest BCUT2D eigenvalue weighted by molar-refractivity contribution is -0.122. The van der Waals surface area contributed by atoms with Gasteiger partial charge in [-0.1, -0.05) is 11.6 Å². The van der Waals surface area contributed by atoms with E-state index in [1.165, 1.54) is 18.2 Å². The van der Waals surface area contributed by atoms with Crippen molar-refractivity contribution in [3.63, 3.8) is 0 Å². The molecule has 1 rings (SSSR count). The molecule has 0 unspecified atom stereocenters. The number of nitrogens with one attached hydrogen (secondary N) is 1. The van der Waals surface area contributed by atoms with Gasteiger partial charge in [-0.15, -0.1) is 0 Å². The van der Waals surface area contributed by atoms with Gasteiger partial charge in [0.2, 0.25) is 0 Å². The maximum absolute atomic E-state index is 12.8. The summed E-state index contributed by atoms with van der Waals surface area (Å²) in [7, 11) is 0. The summed E-state index contributed by atoms with van der Waals surface area (Å²) in [6, 6.07) is 3.94. The van der Waals surface area contributed by atoms with Crippen molar-refractivity contribution < 1.29 is 13.9 Å². The summed E-state index contributed by atoms with van der Waals surface area (Å²) in [6.07, 6.45) is 0. The molecular formula is C10H11ClFNO2. The molecule has 0 aliphatic heterocycles. The number of hydrogen-bond donors (Lipinski definition) is 1. The minimum atomic E-state index is -0.512. The van der Waals surface area contributed by atoms with Gasteiger partial charge in [0.1, 0.15) is 11.6 Å². The Kier molecular flexibility index (Phi) is 4.37. The van der Waals surface area contributed by atoms with Gasteiger partial charge in [-0.25, -0.2) is 4.39 Å². The van der Waals surface area contributed by atoms with Crippen molar-refractivity contribution in [3.8, 4) is 5.75 Å². The third-order valence-corrected chi connectivity index (χ3v) is 1.92. The van der Waals surface area contributed by atoms with E-state index < -0.39 is 5.82 Å². The van der Waals surface area contributed by atoms with E-state index in [1.807, 2.05) is 6.92 Å². The van der Waals surface area contributed by atoms with Crippen molar-refractivity contribution in [2.45, 2.75) is 6.92 Å². The summed E-state index contributed by atoms with van der Waals surface area (Å²) >= 11 is 5.53. The Morgan fingerprint density at radius 3 is 2.93 bits per heavy atom. The molecule has 0 saturated carbocycles. The summed E-state index contributed by atoms with van der Waals surface area (Å²) in [5.41, 5.74) is 0. The SMILES string of the molecule is CCNC(=O)COc1ccc(F)c(Cl)c1. The van der Waals surface area contributed by atoms with Crippen molar-refractivity contribution >= 4 is 17.5 Å². The number of rotatable bonds is 4. The molecule has 1 amide bonds. The quantitative estimate of drug-likeness (QED) is 0.861. The minimum absolute atomic E-state index is 0.0246. The van der Waals surface area contributed by atoms with Gasteiger partial charge in [-0.2, -0.15) is 0 Å². The van der Waals surface area contributed by atoms with E-state index in [4.69, 9.17) is 16.3 Å². The molecule has 15 heavy (non-hydrogen) atoms. The zero-order chi connectivity index (χ0) is 11.3. The predicted molar refractivity (Wildman–Crippen MR) is 55.6 cm³/mol. The van der Waals surface area contributed by atoms with Gasteiger partial charge in [0, 0.05) is 12.6 Å². The Morgan fingerprint density at radius 2 is 2.33 bits per heavy atom. The average Bonchev–Trinajstić information content (AvgIpc) is 2.20. The Hall–Kier alpha value is -1.29. The largest absolute Gasteiger partial charge is 0.484 e. The number of ether oxygens (including phenoxy) is 1. The Labute approximate surface area is 92.2 Å². The maximum Gasteiger partial charge on any atom is 0.257 e. The van der Waals surface area contributed by atoms with Gasteiger partial charge in [0.05, 0.1) is 5.02 Å². The zero-order valence-electron chi connectivity index (χ0n) is 8.22. The smallest absolute Gasteiger partial charge is 0.257 e. The van der Waals surface area contributed by atoms with Gasteiger partial charge in [-0.3, -0.25) is 4.79 Å². The van der Waals surface area contributed by atoms with Gasteiger partial charge < -0.3 is 10.1 Å². The van der Waals surface area contributed by atoms with Crippen LogP contribution in [0.3, 0.4) is 0 Å². The third kappa shape index (κ3) is 3.75. The van der Waals surface area contributed by atoms with E-state index >= 15 is 0 Å². The molecule has 0 radical (unpaired) electrons. The van der Waals surface area contributed by atoms with Gasteiger partial charge in [0.25, 0.3) is 5.91 Å². The van der Waals surface area contributed by atoms with Crippen LogP contribution in [0.25, 0.3) is 0 Å². The summed E-state index contributed by atoms with van der Waals surface area (Å²) < 4.78 is 17.8. The van der Waals surface area contributed by atoms with Gasteiger partial charge >= 0.3 is 0 Å². The van der Waals surface area contributed by atoms with Crippen LogP contribution in [0.1, 0.15) is 6.92 Å². The van der Waals surface area contributed by atoms with Crippen molar-refractivity contribution in [3.05, 3.63) is 29.0 Å². The first kappa shape index (κ1) is 11.8. The highest BCUT2D eigenvalue weighted by Gasteiger charge is 2.04. The second-order valence-corrected chi connectivity index (χ2v) is 3.23. The van der Waals surface area contributed by atoms with Crippen LogP contribution in [0.4, 0.5) is 4.39 Å². The number of carbonyl (C=O) groups is 1. The van der Waals surface area contributed by atoms with Crippen LogP contribution < -0.4 is 10.1 Å². The minimum Gasteiger partial charge on any atom is -0.484 e. The molecule has 0 atom stereocenters. The Balaban J connectivity index is 2.51. The van der Waals surface area contributed by atoms with E-state index in [9.17, 15) is 9.18 Å². The van der Waals surface area contributed by atoms with E-state index in [2.05, 4.69) is 5.32 Å². The van der Waals surface area contributed by atoms with Gasteiger partial charge in [-0.05, 0) is 19.1 Å². The van der Waals surface area contributed by atoms with Crippen molar-refractivity contribution in [1.29, 1.82) is 0 Å². The second-order valence-electron chi connectivity index (χ2n) is 2.82. The average molecular weight is 232 g/mol. The number of likely N-dealkylation sites (N-methyl/N-ethyl adjacent to an activating group) is 1. The highest BCUT2D eigenvalue weighted by molar-refractivity contribution is 6.30. The fourth-order valence-electron chi connectivity index (χ4n) is 0.964. The lowest BCUT2D eigenvalue weighted by atomic mass is 10.3. The molecule has 0 heterocycles. The summed E-state index contributed by atoms with van der Waals surface area (Å²) in [6.45, 7) is 2.26. The topological polar surface area (TPSA) is 38.3 Å². The maximum atomic E-state index is 12.8. The van der Waals surface area contributed by atoms with Crippen LogP contribution in [0.15, 0.2) is 18.2 Å². The first-order valence-corrected chi connectivity index (χ1v) is 4.86. The first-order valence-electron chi connectivity index (χ1n) is 4.48. The third-order valence-electron chi connectivity index (χ3n) is 1.63. The molecule has 0 saturated heterocycles. The molecule has 0 bridgehead atoms. The van der Waals surface area contributed by atoms with Crippen LogP contribution in [-0.4, -0.2) is 19.1 Å². The summed E-state index contributed by atoms with van der Waals surface area (Å²) in [5, 5.41) is 2.55. The molecule has 0 fully saturated rings. The predicted octanol–water partition coefficient (Wildman–Crippen LogP) is 1.99. The molecule has 1 aromatic carbocycles. The number of benzene rings is 1. The Morgan fingerprint density at radius 1 is 1.60 bits per heavy atom. The summed E-state index contributed by atoms with van der Waals surface area (Å²) in [4.78, 5) is 11.0. The highest BCUT2D eigenvalue weighted by Crippen LogP contribution is 2.20. The molecule has 0 aliphatic rings. The lowest BCUT2D eigenvalue weighted by Crippen LogP contribution is -2.28. The lowest BCUT2D eigenvalue weighted by Gasteiger charge is -2.06. The van der Waals surface area contributed by atoms with Crippen LogP contribution in [0.2, 0.25) is 5.02 Å². The van der Waals surface area contributed by atoms with E-state index in [0.29, 0.717) is 12.3 Å². The van der Waals surface area contributed by atoms with Crippen molar-refractivity contribution in [2.75, 3.05) is 13.2 Å². The normalized spacial score (nSPS) is 9.80. The second kappa shape index (κ2) is 5.56. The number of hydrogen-bond acceptors (Lipinski definition) is 2. The first-order chi connectivity index (χ1) is 7.13. The monoisotopic (exact) mass is 231 g/mol. The van der Waals surface area contributed by atoms with Crippen molar-refractivity contribution in [2.24, 2.45) is 0 Å². The molecule has 1 aromatic rings. The molecule has 0 spiro atoms. The number of amides is 1. The highest BCUT2D eigenvalue weighted by atomic mass is 35.5. The molecule has 0 aliphatic carbocycles. The standard InChI is InChI=1S/C10H11ClFNO2/c1-2-13-10(14)6-15-7-3-4-9(12)8(11)5-7/h3-5H,2,6H2,1H3,(H,13,14). The van der Waals surface area contributed by atoms with E-state index in [0.717, 1.165) is 0 Å². The fraction of sp³-hybridized carbons (Fsp3) is 0.300. The Bertz CT molecular complexity index is 357. The molecule has 3 nitrogen and oxygen atoms in total. The van der Waals surface area contributed by atoms with Gasteiger partial charge in [0.15, 0.2) is 6.61 Å². The molecule has 82 valence electrons. The van der Waals surface area contributed by atoms with E-state index in [-0.39, 0.29) is 17.5 Å². The number of carbonyl (C=O) groups excluding carboxylic acids is 1. The van der Waals surface area contributed by atoms with Crippen molar-refractivity contribution in [1.82, 2.24) is 5.32 Å². The van der Waals surface area contributed by atoms with E-state index in [1.54, 1.807) is 0 Å². The molecule has 5 heteroatoms. The molecule has 0 aromatic heterocycles. The number of halogens is 2. The van der Waals surface area contributed by atoms with Crippen LogP contribution in [-0.2, 0) is 4.79 Å². The van der Waals surface area contributed by atoms with Crippen LogP contribution >= 0.6 is 11.6 Å². The zero-order valence-corrected chi connectivity index (χ0v) is 8.97. The molecular weight excluding hydrogens is 221 g/mol. The molecule has 1 N–H and O–H groups in total. The summed E-state index contributed by atoms with van der Waals surface area (Å²) in [5.74, 6) is -0.368.